The van der Waals surface area contributed by atoms with Crippen LogP contribution in [0.3, 0.4) is 0 Å². The van der Waals surface area contributed by atoms with Gasteiger partial charge in [0.25, 0.3) is 23.6 Å². The molecule has 8 heterocycles. The second-order valence-electron chi connectivity index (χ2n) is 31.2. The van der Waals surface area contributed by atoms with Gasteiger partial charge in [0.2, 0.25) is 0 Å². The highest BCUT2D eigenvalue weighted by atomic mass is 32.1. The van der Waals surface area contributed by atoms with Gasteiger partial charge in [0, 0.05) is 50.1 Å². The first kappa shape index (κ1) is 86.7. The molecule has 0 spiro atoms. The van der Waals surface area contributed by atoms with Gasteiger partial charge in [-0.05, 0) is 86.5 Å². The summed E-state index contributed by atoms with van der Waals surface area (Å²) in [7, 11) is 0. The second kappa shape index (κ2) is 50.9. The van der Waals surface area contributed by atoms with Crippen LogP contribution in [-0.2, 0) is 19.2 Å². The average Bonchev–Trinajstić information content (AvgIpc) is 1.57. The molecule has 15 heteroatoms. The predicted molar refractivity (Wildman–Crippen MR) is 446 cm³/mol. The highest BCUT2D eigenvalue weighted by Crippen LogP contribution is 2.51. The average molecular weight is 1500 g/mol. The normalized spacial score (nSPS) is 15.8. The number of fused-ring (bicyclic) bond motifs is 2. The Labute approximate surface area is 648 Å². The molecule has 11 nitrogen and oxygen atoms in total. The third kappa shape index (κ3) is 26.9. The van der Waals surface area contributed by atoms with Crippen LogP contribution in [-0.4, -0.2) is 84.4 Å². The van der Waals surface area contributed by atoms with Gasteiger partial charge in [-0.2, -0.15) is 0 Å². The molecule has 4 atom stereocenters. The van der Waals surface area contributed by atoms with Gasteiger partial charge in [0.15, 0.2) is 0 Å². The molecule has 4 aromatic heterocycles. The van der Waals surface area contributed by atoms with E-state index in [9.17, 15) is 19.2 Å². The fourth-order valence-electron chi connectivity index (χ4n) is 16.5. The van der Waals surface area contributed by atoms with Gasteiger partial charge < -0.3 is 19.6 Å². The molecule has 0 N–H and O–H groups in total. The van der Waals surface area contributed by atoms with Gasteiger partial charge in [-0.1, -0.05) is 318 Å². The van der Waals surface area contributed by atoms with Crippen LogP contribution in [0, 0.1) is 23.7 Å². The summed E-state index contributed by atoms with van der Waals surface area (Å²) in [4.78, 5) is 84.1. The van der Waals surface area contributed by atoms with Crippen molar-refractivity contribution in [3.63, 3.8) is 0 Å². The number of aromatic nitrogens is 3. The molecule has 0 saturated heterocycles. The molecular formula is C89H141N7O4S4. The molecule has 4 unspecified atom stereocenters. The molecule has 104 heavy (non-hydrogen) atoms. The number of amides is 4. The smallest absolute Gasteiger partial charge is 0.261 e. The molecule has 4 aliphatic heterocycles. The van der Waals surface area contributed by atoms with Gasteiger partial charge in [0.05, 0.1) is 70.7 Å². The number of hydrogen-bond donors (Lipinski definition) is 0. The molecule has 0 radical (unpaired) electrons. The minimum absolute atomic E-state index is 0.0172. The van der Waals surface area contributed by atoms with E-state index < -0.39 is 0 Å². The fraction of sp³-hybridized carbons (Fsp3) is 0.719. The van der Waals surface area contributed by atoms with E-state index in [1.54, 1.807) is 34.0 Å². The van der Waals surface area contributed by atoms with E-state index in [0.717, 1.165) is 93.8 Å². The maximum absolute atomic E-state index is 14.9. The Morgan fingerprint density at radius 1 is 0.298 bits per heavy atom. The van der Waals surface area contributed by atoms with Crippen molar-refractivity contribution < 1.29 is 19.2 Å². The van der Waals surface area contributed by atoms with Crippen molar-refractivity contribution in [3.05, 3.63) is 94.4 Å². The molecule has 0 saturated carbocycles. The Morgan fingerprint density at radius 3 is 0.808 bits per heavy atom. The third-order valence-electron chi connectivity index (χ3n) is 22.6. The molecule has 4 aliphatic rings. The lowest BCUT2D eigenvalue weighted by Crippen LogP contribution is -2.34. The van der Waals surface area contributed by atoms with Crippen molar-refractivity contribution in [2.75, 3.05) is 26.2 Å². The molecule has 4 aromatic rings. The molecule has 0 bridgehead atoms. The van der Waals surface area contributed by atoms with Crippen LogP contribution >= 0.6 is 45.3 Å². The Morgan fingerprint density at radius 2 is 0.558 bits per heavy atom. The van der Waals surface area contributed by atoms with Gasteiger partial charge >= 0.3 is 0 Å². The zero-order chi connectivity index (χ0) is 73.9. The van der Waals surface area contributed by atoms with Crippen molar-refractivity contribution in [3.8, 4) is 0 Å². The third-order valence-corrected chi connectivity index (χ3v) is 25.8. The van der Waals surface area contributed by atoms with E-state index in [2.05, 4.69) is 82.9 Å². The summed E-state index contributed by atoms with van der Waals surface area (Å²) in [5, 5.41) is 4.84. The van der Waals surface area contributed by atoms with Gasteiger partial charge in [-0.3, -0.25) is 29.1 Å². The first-order valence-corrected chi connectivity index (χ1v) is 46.6. The van der Waals surface area contributed by atoms with Crippen LogP contribution in [0.25, 0.3) is 22.8 Å². The van der Waals surface area contributed by atoms with Gasteiger partial charge in [-0.15, -0.1) is 45.3 Å². The number of carbonyl (C=O) groups excluding carboxylic acids is 4. The summed E-state index contributed by atoms with van der Waals surface area (Å²) < 4.78 is 0. The summed E-state index contributed by atoms with van der Waals surface area (Å²) in [6, 6.07) is 4.17. The van der Waals surface area contributed by atoms with Gasteiger partial charge in [0.1, 0.15) is 5.01 Å². The van der Waals surface area contributed by atoms with Crippen LogP contribution in [0.5, 0.6) is 0 Å². The number of unbranched alkanes of at least 4 members (excludes halogenated alkanes) is 32. The van der Waals surface area contributed by atoms with Crippen LogP contribution in [0.4, 0.5) is 0 Å². The molecule has 8 rings (SSSR count). The van der Waals surface area contributed by atoms with Crippen molar-refractivity contribution >= 4 is 91.8 Å². The number of nitrogens with zero attached hydrogens (tertiary/aromatic N) is 7. The number of rotatable bonds is 60. The lowest BCUT2D eigenvalue weighted by molar-refractivity contribution is -0.124. The predicted octanol–water partition coefficient (Wildman–Crippen LogP) is 26.8. The quantitative estimate of drug-likeness (QED) is 0.0404. The van der Waals surface area contributed by atoms with E-state index in [1.807, 2.05) is 54.6 Å². The maximum atomic E-state index is 14.9. The zero-order valence-electron chi connectivity index (χ0n) is 66.7. The fourth-order valence-corrected chi connectivity index (χ4v) is 19.4. The van der Waals surface area contributed by atoms with Crippen molar-refractivity contribution in [1.82, 2.24) is 34.6 Å². The number of thiazole rings is 3. The minimum Gasteiger partial charge on any atom is -0.306 e. The molecule has 580 valence electrons. The highest BCUT2D eigenvalue weighted by molar-refractivity contribution is 7.12. The topological polar surface area (TPSA) is 120 Å². The summed E-state index contributed by atoms with van der Waals surface area (Å²) in [6.45, 7) is 20.9. The minimum atomic E-state index is -0.0172. The lowest BCUT2D eigenvalue weighted by Gasteiger charge is -2.29. The highest BCUT2D eigenvalue weighted by Gasteiger charge is 2.52. The maximum Gasteiger partial charge on any atom is 0.261 e. The number of carbonyl (C=O) groups is 4. The molecule has 0 aliphatic carbocycles. The first-order chi connectivity index (χ1) is 51.1. The van der Waals surface area contributed by atoms with Crippen LogP contribution < -0.4 is 0 Å². The molecule has 0 fully saturated rings. The van der Waals surface area contributed by atoms with Crippen molar-refractivity contribution in [2.45, 2.75) is 364 Å². The van der Waals surface area contributed by atoms with Crippen molar-refractivity contribution in [1.29, 1.82) is 0 Å². The monoisotopic (exact) mass is 1500 g/mol. The van der Waals surface area contributed by atoms with Crippen LogP contribution in [0.2, 0.25) is 0 Å². The molecule has 4 amide bonds. The zero-order valence-corrected chi connectivity index (χ0v) is 69.9. The van der Waals surface area contributed by atoms with E-state index in [4.69, 9.17) is 4.98 Å². The van der Waals surface area contributed by atoms with Crippen LogP contribution in [0.1, 0.15) is 383 Å². The Bertz CT molecular complexity index is 2730. The largest absolute Gasteiger partial charge is 0.306 e. The van der Waals surface area contributed by atoms with E-state index >= 15 is 0 Å². The first-order valence-electron chi connectivity index (χ1n) is 43.1. The Kier molecular flexibility index (Phi) is 42.5. The Balaban J connectivity index is 0.000000291. The summed E-state index contributed by atoms with van der Waals surface area (Å²) in [5.41, 5.74) is 9.35. The van der Waals surface area contributed by atoms with Crippen LogP contribution in [0.15, 0.2) is 74.8 Å². The second-order valence-corrected chi connectivity index (χ2v) is 34.8. The van der Waals surface area contributed by atoms with E-state index in [1.165, 1.54) is 268 Å². The lowest BCUT2D eigenvalue weighted by atomic mass is 9.93. The molecule has 0 aromatic carbocycles. The number of thiophene rings is 1. The molecular weight excluding hydrogens is 1360 g/mol. The number of hydrogen-bond acceptors (Lipinski definition) is 11. The van der Waals surface area contributed by atoms with E-state index in [-0.39, 0.29) is 23.6 Å². The van der Waals surface area contributed by atoms with E-state index in [0.29, 0.717) is 72.1 Å². The summed E-state index contributed by atoms with van der Waals surface area (Å²) >= 11 is 6.28. The Hall–Kier alpha value is -4.57. The summed E-state index contributed by atoms with van der Waals surface area (Å²) in [5.74, 6) is 1.69. The SMILES string of the molecule is CCCCCCCCC(CCCCCC)CN1C(=O)C2=C(c3cncs3)N(CC(CCCCCC)CCCCCCCC)C(=O)C2=C1c1cccs1.CCCCCCCCC(CCCCCC)CN1C(=O)C2=C(c3nccs3)N(CC(CCCCCC)CCCCCCCC)C(=O)C2=C1c1cncs1. The summed E-state index contributed by atoms with van der Waals surface area (Å²) in [6.07, 6.45) is 65.0. The van der Waals surface area contributed by atoms with Gasteiger partial charge in [-0.25, -0.2) is 4.98 Å². The standard InChI is InChI=1S/C45H71N3O2S2.C44H70N4O2S2/c1-5-9-13-17-19-23-28-36(26-21-15-11-7-3)33-47-42(38-30-25-31-51-38)40-41(45(47)50)43(39-32-46-35-52-39)48(44(40)49)34-37(27-22-16-12-8-4)29-24-20-18-14-10-6-2;1-5-9-13-17-19-23-27-35(25-21-15-11-7-3)32-47-40(37-31-45-34-52-37)38-39(44(47)50)41(42-46-29-30-51-42)48(43(38)49)33-36(26-22-16-12-8-4)28-24-20-18-14-10-6-2/h25,30-32,35-37H,5-24,26-29,33-34H2,1-4H3;29-31,34-36H,5-28,32-33H2,1-4H3. The van der Waals surface area contributed by atoms with Crippen molar-refractivity contribution in [2.24, 2.45) is 23.7 Å².